The van der Waals surface area contributed by atoms with Crippen LogP contribution in [0.1, 0.15) is 6.92 Å². The molecule has 8 heteroatoms. The number of fused-ring (bicyclic) bond motifs is 1. The van der Waals surface area contributed by atoms with Crippen molar-refractivity contribution in [3.8, 4) is 0 Å². The third-order valence-electron chi connectivity index (χ3n) is 4.41. The number of nitrogens with zero attached hydrogens (tertiary/aromatic N) is 3. The fourth-order valence-electron chi connectivity index (χ4n) is 2.98. The monoisotopic (exact) mass is 431 g/mol. The van der Waals surface area contributed by atoms with Crippen molar-refractivity contribution in [2.75, 3.05) is 30.9 Å². The predicted molar refractivity (Wildman–Crippen MR) is 118 cm³/mol. The molecule has 3 aromatic rings. The van der Waals surface area contributed by atoms with Crippen LogP contribution in [0.25, 0.3) is 10.9 Å². The van der Waals surface area contributed by atoms with Crippen molar-refractivity contribution in [2.24, 2.45) is 0 Å². The van der Waals surface area contributed by atoms with E-state index in [4.69, 9.17) is 16.3 Å². The van der Waals surface area contributed by atoms with Crippen molar-refractivity contribution >= 4 is 45.9 Å². The summed E-state index contributed by atoms with van der Waals surface area (Å²) in [5.74, 6) is 0.108. The molecule has 0 saturated heterocycles. The van der Waals surface area contributed by atoms with Crippen LogP contribution >= 0.6 is 23.4 Å². The summed E-state index contributed by atoms with van der Waals surface area (Å²) < 4.78 is 6.69. The van der Waals surface area contributed by atoms with Crippen LogP contribution in [0.3, 0.4) is 0 Å². The molecule has 1 heterocycles. The molecule has 0 bridgehead atoms. The minimum Gasteiger partial charge on any atom is -0.383 e. The first-order chi connectivity index (χ1) is 14.0. The number of ether oxygens (including phenoxy) is 1. The number of rotatable bonds is 8. The number of halogens is 1. The quantitative estimate of drug-likeness (QED) is 0.400. The number of para-hydroxylation sites is 1. The van der Waals surface area contributed by atoms with Gasteiger partial charge in [-0.05, 0) is 37.3 Å². The molecule has 0 spiro atoms. The van der Waals surface area contributed by atoms with Gasteiger partial charge in [-0.1, -0.05) is 41.6 Å². The third kappa shape index (κ3) is 4.98. The first kappa shape index (κ1) is 21.4. The topological polar surface area (TPSA) is 64.4 Å². The normalized spacial score (nSPS) is 11.0. The standard InChI is InChI=1S/C21H22ClN3O3S/c1-3-24(16-7-5-4-6-8-16)19(26)14-29-21-23-18-13-15(22)9-10-17(18)20(27)25(21)11-12-28-2/h4-10,13H,3,11-12,14H2,1-2H3. The number of aromatic nitrogens is 2. The molecule has 0 aliphatic heterocycles. The largest absolute Gasteiger partial charge is 0.383 e. The highest BCUT2D eigenvalue weighted by Crippen LogP contribution is 2.22. The van der Waals surface area contributed by atoms with E-state index in [0.717, 1.165) is 5.69 Å². The maximum atomic E-state index is 12.9. The fourth-order valence-corrected chi connectivity index (χ4v) is 4.05. The number of anilines is 1. The zero-order chi connectivity index (χ0) is 20.8. The van der Waals surface area contributed by atoms with Crippen molar-refractivity contribution in [1.82, 2.24) is 9.55 Å². The Hall–Kier alpha value is -2.35. The first-order valence-corrected chi connectivity index (χ1v) is 10.6. The lowest BCUT2D eigenvalue weighted by molar-refractivity contribution is -0.116. The van der Waals surface area contributed by atoms with E-state index >= 15 is 0 Å². The molecule has 1 amide bonds. The maximum Gasteiger partial charge on any atom is 0.262 e. The van der Waals surface area contributed by atoms with E-state index in [0.29, 0.717) is 40.8 Å². The molecule has 3 rings (SSSR count). The Labute approximate surface area is 178 Å². The van der Waals surface area contributed by atoms with Gasteiger partial charge in [0.25, 0.3) is 5.56 Å². The first-order valence-electron chi connectivity index (χ1n) is 9.22. The van der Waals surface area contributed by atoms with Crippen molar-refractivity contribution in [3.05, 3.63) is 63.9 Å². The van der Waals surface area contributed by atoms with Crippen LogP contribution < -0.4 is 10.5 Å². The van der Waals surface area contributed by atoms with Gasteiger partial charge in [-0.3, -0.25) is 14.2 Å². The molecule has 0 aliphatic carbocycles. The molecular weight excluding hydrogens is 410 g/mol. The average Bonchev–Trinajstić information content (AvgIpc) is 2.73. The van der Waals surface area contributed by atoms with Gasteiger partial charge < -0.3 is 9.64 Å². The van der Waals surface area contributed by atoms with Crippen molar-refractivity contribution in [1.29, 1.82) is 0 Å². The zero-order valence-corrected chi connectivity index (χ0v) is 17.9. The summed E-state index contributed by atoms with van der Waals surface area (Å²) in [6.07, 6.45) is 0. The van der Waals surface area contributed by atoms with E-state index in [9.17, 15) is 9.59 Å². The zero-order valence-electron chi connectivity index (χ0n) is 16.3. The van der Waals surface area contributed by atoms with E-state index in [-0.39, 0.29) is 17.2 Å². The van der Waals surface area contributed by atoms with Crippen molar-refractivity contribution < 1.29 is 9.53 Å². The average molecular weight is 432 g/mol. The van der Waals surface area contributed by atoms with Gasteiger partial charge in [0.05, 0.1) is 29.8 Å². The van der Waals surface area contributed by atoms with Crippen LogP contribution in [-0.2, 0) is 16.1 Å². The molecule has 0 aliphatic rings. The van der Waals surface area contributed by atoms with Gasteiger partial charge in [0.1, 0.15) is 0 Å². The van der Waals surface area contributed by atoms with Crippen LogP contribution in [0, 0.1) is 0 Å². The second kappa shape index (κ2) is 9.91. The van der Waals surface area contributed by atoms with E-state index in [2.05, 4.69) is 4.98 Å². The Balaban J connectivity index is 1.89. The number of thioether (sulfide) groups is 1. The van der Waals surface area contributed by atoms with E-state index < -0.39 is 0 Å². The maximum absolute atomic E-state index is 12.9. The Morgan fingerprint density at radius 3 is 2.69 bits per heavy atom. The lowest BCUT2D eigenvalue weighted by atomic mass is 10.2. The molecule has 0 saturated carbocycles. The van der Waals surface area contributed by atoms with Crippen LogP contribution in [0.15, 0.2) is 58.5 Å². The Morgan fingerprint density at radius 1 is 1.24 bits per heavy atom. The van der Waals surface area contributed by atoms with Gasteiger partial charge in [0, 0.05) is 24.4 Å². The van der Waals surface area contributed by atoms with E-state index in [1.165, 1.54) is 11.8 Å². The molecular formula is C21H22ClN3O3S. The summed E-state index contributed by atoms with van der Waals surface area (Å²) in [4.78, 5) is 32.1. The SMILES string of the molecule is CCN(C(=O)CSc1nc2cc(Cl)ccc2c(=O)n1CCOC)c1ccccc1. The highest BCUT2D eigenvalue weighted by Gasteiger charge is 2.17. The number of amides is 1. The predicted octanol–water partition coefficient (Wildman–Crippen LogP) is 3.84. The van der Waals surface area contributed by atoms with Crippen molar-refractivity contribution in [3.63, 3.8) is 0 Å². The third-order valence-corrected chi connectivity index (χ3v) is 5.61. The molecule has 0 fully saturated rings. The molecule has 1 aromatic heterocycles. The Kier molecular flexibility index (Phi) is 7.30. The lowest BCUT2D eigenvalue weighted by Crippen LogP contribution is -2.32. The molecule has 0 unspecified atom stereocenters. The van der Waals surface area contributed by atoms with E-state index in [1.807, 2.05) is 37.3 Å². The van der Waals surface area contributed by atoms with Crippen LogP contribution in [0.5, 0.6) is 0 Å². The Bertz CT molecular complexity index is 1060. The van der Waals surface area contributed by atoms with Gasteiger partial charge in [-0.15, -0.1) is 0 Å². The molecule has 152 valence electrons. The number of hydrogen-bond donors (Lipinski definition) is 0. The molecule has 0 N–H and O–H groups in total. The molecule has 2 aromatic carbocycles. The smallest absolute Gasteiger partial charge is 0.262 e. The molecule has 6 nitrogen and oxygen atoms in total. The Morgan fingerprint density at radius 2 is 2.00 bits per heavy atom. The highest BCUT2D eigenvalue weighted by atomic mass is 35.5. The molecule has 0 atom stereocenters. The summed E-state index contributed by atoms with van der Waals surface area (Å²) in [6.45, 7) is 3.21. The van der Waals surface area contributed by atoms with Gasteiger partial charge in [-0.25, -0.2) is 4.98 Å². The summed E-state index contributed by atoms with van der Waals surface area (Å²) in [5.41, 5.74) is 1.19. The van der Waals surface area contributed by atoms with Crippen LogP contribution in [0.2, 0.25) is 5.02 Å². The summed E-state index contributed by atoms with van der Waals surface area (Å²) in [7, 11) is 1.58. The van der Waals surface area contributed by atoms with Gasteiger partial charge in [-0.2, -0.15) is 0 Å². The van der Waals surface area contributed by atoms with Gasteiger partial charge in [0.15, 0.2) is 5.16 Å². The summed E-state index contributed by atoms with van der Waals surface area (Å²) in [6, 6.07) is 14.5. The number of carbonyl (C=O) groups excluding carboxylic acids is 1. The second-order valence-electron chi connectivity index (χ2n) is 6.27. The minimum absolute atomic E-state index is 0.0533. The summed E-state index contributed by atoms with van der Waals surface area (Å²) >= 11 is 7.31. The summed E-state index contributed by atoms with van der Waals surface area (Å²) in [5, 5.41) is 1.47. The number of hydrogen-bond acceptors (Lipinski definition) is 5. The number of carbonyl (C=O) groups is 1. The minimum atomic E-state index is -0.172. The fraction of sp³-hybridized carbons (Fsp3) is 0.286. The molecule has 0 radical (unpaired) electrons. The second-order valence-corrected chi connectivity index (χ2v) is 7.65. The molecule has 29 heavy (non-hydrogen) atoms. The van der Waals surface area contributed by atoms with E-state index in [1.54, 1.807) is 34.8 Å². The van der Waals surface area contributed by atoms with Gasteiger partial charge >= 0.3 is 0 Å². The lowest BCUT2D eigenvalue weighted by Gasteiger charge is -2.21. The van der Waals surface area contributed by atoms with Crippen molar-refractivity contribution in [2.45, 2.75) is 18.6 Å². The van der Waals surface area contributed by atoms with Gasteiger partial charge in [0.2, 0.25) is 5.91 Å². The number of benzene rings is 2. The number of methoxy groups -OCH3 is 1. The highest BCUT2D eigenvalue weighted by molar-refractivity contribution is 7.99. The van der Waals surface area contributed by atoms with Crippen LogP contribution in [-0.4, -0.2) is 41.5 Å². The van der Waals surface area contributed by atoms with Crippen LogP contribution in [0.4, 0.5) is 5.69 Å².